The normalized spacial score (nSPS) is 18.3. The molecule has 154 valence electrons. The molecule has 1 amide bonds. The second-order valence-corrected chi connectivity index (χ2v) is 8.17. The zero-order chi connectivity index (χ0) is 20.2. The topological polar surface area (TPSA) is 50.8 Å². The first-order valence-electron chi connectivity index (χ1n) is 10.6. The van der Waals surface area contributed by atoms with Crippen LogP contribution in [0.15, 0.2) is 42.5 Å². The van der Waals surface area contributed by atoms with Crippen molar-refractivity contribution >= 4 is 5.91 Å². The Bertz CT molecular complexity index is 859. The Kier molecular flexibility index (Phi) is 6.05. The molecule has 1 N–H and O–H groups in total. The van der Waals surface area contributed by atoms with E-state index in [-0.39, 0.29) is 17.9 Å². The van der Waals surface area contributed by atoms with E-state index in [0.29, 0.717) is 13.2 Å². The Morgan fingerprint density at radius 1 is 1.10 bits per heavy atom. The smallest absolute Gasteiger partial charge is 0.223 e. The number of carbonyl (C=O) groups excluding carboxylic acids is 1. The molecule has 0 spiro atoms. The highest BCUT2D eigenvalue weighted by Gasteiger charge is 2.26. The zero-order valence-corrected chi connectivity index (χ0v) is 17.3. The highest BCUT2D eigenvalue weighted by molar-refractivity contribution is 5.79. The quantitative estimate of drug-likeness (QED) is 0.837. The standard InChI is InChI=1S/C24H30N2O3/c1-17-4-3-5-19(14-17)16-26-10-8-20(9-11-26)24(27)25-18(2)21-6-7-22-23(15-21)29-13-12-28-22/h3-7,14-15,18,20H,8-13,16H2,1-2H3,(H,25,27)/t18-/m0/s1. The molecule has 1 atom stereocenters. The molecule has 2 aliphatic heterocycles. The largest absolute Gasteiger partial charge is 0.486 e. The van der Waals surface area contributed by atoms with Crippen LogP contribution in [-0.2, 0) is 11.3 Å². The van der Waals surface area contributed by atoms with Crippen molar-refractivity contribution < 1.29 is 14.3 Å². The lowest BCUT2D eigenvalue weighted by molar-refractivity contribution is -0.127. The number of hydrogen-bond donors (Lipinski definition) is 1. The van der Waals surface area contributed by atoms with E-state index in [9.17, 15) is 4.79 Å². The van der Waals surface area contributed by atoms with Gasteiger partial charge in [-0.15, -0.1) is 0 Å². The molecule has 5 nitrogen and oxygen atoms in total. The lowest BCUT2D eigenvalue weighted by atomic mass is 9.94. The summed E-state index contributed by atoms with van der Waals surface area (Å²) in [5.74, 6) is 1.78. The number of likely N-dealkylation sites (tertiary alicyclic amines) is 1. The summed E-state index contributed by atoms with van der Waals surface area (Å²) in [7, 11) is 0. The molecule has 2 aliphatic rings. The van der Waals surface area contributed by atoms with Crippen molar-refractivity contribution in [3.8, 4) is 11.5 Å². The number of carbonyl (C=O) groups is 1. The molecule has 2 heterocycles. The molecule has 0 unspecified atom stereocenters. The Labute approximate surface area is 173 Å². The Morgan fingerprint density at radius 3 is 2.62 bits per heavy atom. The van der Waals surface area contributed by atoms with Crippen LogP contribution in [0.1, 0.15) is 42.5 Å². The summed E-state index contributed by atoms with van der Waals surface area (Å²) in [5, 5.41) is 3.19. The number of benzene rings is 2. The van der Waals surface area contributed by atoms with Gasteiger partial charge in [0.1, 0.15) is 13.2 Å². The van der Waals surface area contributed by atoms with E-state index in [2.05, 4.69) is 41.4 Å². The zero-order valence-electron chi connectivity index (χ0n) is 17.3. The van der Waals surface area contributed by atoms with Crippen LogP contribution in [0.2, 0.25) is 0 Å². The summed E-state index contributed by atoms with van der Waals surface area (Å²) in [5.41, 5.74) is 3.68. The summed E-state index contributed by atoms with van der Waals surface area (Å²) in [4.78, 5) is 15.2. The minimum atomic E-state index is -0.0522. The fraction of sp³-hybridized carbons (Fsp3) is 0.458. The molecule has 0 aliphatic carbocycles. The molecule has 0 bridgehead atoms. The summed E-state index contributed by atoms with van der Waals surface area (Å²) in [6.45, 7) is 8.19. The lowest BCUT2D eigenvalue weighted by Crippen LogP contribution is -2.40. The third-order valence-corrected chi connectivity index (χ3v) is 5.87. The van der Waals surface area contributed by atoms with E-state index < -0.39 is 0 Å². The van der Waals surface area contributed by atoms with Gasteiger partial charge in [0.15, 0.2) is 11.5 Å². The molecule has 1 saturated heterocycles. The molecule has 4 rings (SSSR count). The van der Waals surface area contributed by atoms with Crippen molar-refractivity contribution in [2.24, 2.45) is 5.92 Å². The average Bonchev–Trinajstić information content (AvgIpc) is 2.74. The van der Waals surface area contributed by atoms with E-state index in [0.717, 1.165) is 49.5 Å². The molecule has 1 fully saturated rings. The highest BCUT2D eigenvalue weighted by Crippen LogP contribution is 2.32. The fourth-order valence-electron chi connectivity index (χ4n) is 4.17. The van der Waals surface area contributed by atoms with Gasteiger partial charge in [-0.3, -0.25) is 9.69 Å². The van der Waals surface area contributed by atoms with Crippen LogP contribution >= 0.6 is 0 Å². The molecule has 2 aromatic carbocycles. The second-order valence-electron chi connectivity index (χ2n) is 8.17. The number of aryl methyl sites for hydroxylation is 1. The van der Waals surface area contributed by atoms with Crippen LogP contribution in [0.3, 0.4) is 0 Å². The van der Waals surface area contributed by atoms with Crippen LogP contribution in [0, 0.1) is 12.8 Å². The lowest BCUT2D eigenvalue weighted by Gasteiger charge is -2.32. The number of amides is 1. The molecular weight excluding hydrogens is 364 g/mol. The van der Waals surface area contributed by atoms with Crippen LogP contribution in [0.25, 0.3) is 0 Å². The van der Waals surface area contributed by atoms with Crippen LogP contribution in [0.5, 0.6) is 11.5 Å². The van der Waals surface area contributed by atoms with Crippen molar-refractivity contribution in [3.05, 3.63) is 59.2 Å². The molecule has 0 radical (unpaired) electrons. The van der Waals surface area contributed by atoms with Gasteiger partial charge in [0.2, 0.25) is 5.91 Å². The number of nitrogens with zero attached hydrogens (tertiary/aromatic N) is 1. The average molecular weight is 395 g/mol. The monoisotopic (exact) mass is 394 g/mol. The number of hydrogen-bond acceptors (Lipinski definition) is 4. The Hall–Kier alpha value is -2.53. The number of fused-ring (bicyclic) bond motifs is 1. The summed E-state index contributed by atoms with van der Waals surface area (Å²) >= 11 is 0. The van der Waals surface area contributed by atoms with Crippen molar-refractivity contribution in [3.63, 3.8) is 0 Å². The van der Waals surface area contributed by atoms with Crippen LogP contribution in [-0.4, -0.2) is 37.1 Å². The summed E-state index contributed by atoms with van der Waals surface area (Å²) in [6.07, 6.45) is 1.82. The van der Waals surface area contributed by atoms with Crippen LogP contribution in [0.4, 0.5) is 0 Å². The Morgan fingerprint density at radius 2 is 1.86 bits per heavy atom. The van der Waals surface area contributed by atoms with Gasteiger partial charge in [-0.25, -0.2) is 0 Å². The maximum Gasteiger partial charge on any atom is 0.223 e. The minimum absolute atomic E-state index is 0.0522. The number of nitrogens with one attached hydrogen (secondary N) is 1. The van der Waals surface area contributed by atoms with E-state index in [4.69, 9.17) is 9.47 Å². The van der Waals surface area contributed by atoms with Gasteiger partial charge in [-0.2, -0.15) is 0 Å². The number of ether oxygens (including phenoxy) is 2. The Balaban J connectivity index is 1.28. The molecular formula is C24H30N2O3. The second kappa shape index (κ2) is 8.87. The summed E-state index contributed by atoms with van der Waals surface area (Å²) < 4.78 is 11.2. The maximum atomic E-state index is 12.8. The molecule has 0 saturated carbocycles. The van der Waals surface area contributed by atoms with Gasteiger partial charge in [0.25, 0.3) is 0 Å². The van der Waals surface area contributed by atoms with E-state index in [1.54, 1.807) is 0 Å². The van der Waals surface area contributed by atoms with Crippen molar-refractivity contribution in [2.75, 3.05) is 26.3 Å². The minimum Gasteiger partial charge on any atom is -0.486 e. The molecule has 0 aromatic heterocycles. The van der Waals surface area contributed by atoms with Crippen molar-refractivity contribution in [2.45, 2.75) is 39.3 Å². The fourth-order valence-corrected chi connectivity index (χ4v) is 4.17. The SMILES string of the molecule is Cc1cccc(CN2CCC(C(=O)N[C@@H](C)c3ccc4c(c3)OCCO4)CC2)c1. The van der Waals surface area contributed by atoms with Gasteiger partial charge < -0.3 is 14.8 Å². The van der Waals surface area contributed by atoms with Crippen LogP contribution < -0.4 is 14.8 Å². The van der Waals surface area contributed by atoms with Gasteiger partial charge >= 0.3 is 0 Å². The number of piperidine rings is 1. The first-order chi connectivity index (χ1) is 14.1. The highest BCUT2D eigenvalue weighted by atomic mass is 16.6. The van der Waals surface area contributed by atoms with Gasteiger partial charge in [0.05, 0.1) is 6.04 Å². The van der Waals surface area contributed by atoms with E-state index in [1.807, 2.05) is 25.1 Å². The van der Waals surface area contributed by atoms with Crippen molar-refractivity contribution in [1.82, 2.24) is 10.2 Å². The first kappa shape index (κ1) is 19.8. The van der Waals surface area contributed by atoms with Gasteiger partial charge in [-0.1, -0.05) is 35.9 Å². The maximum absolute atomic E-state index is 12.8. The van der Waals surface area contributed by atoms with E-state index in [1.165, 1.54) is 11.1 Å². The van der Waals surface area contributed by atoms with Gasteiger partial charge in [0, 0.05) is 12.5 Å². The third kappa shape index (κ3) is 4.91. The summed E-state index contributed by atoms with van der Waals surface area (Å²) in [6, 6.07) is 14.5. The molecule has 29 heavy (non-hydrogen) atoms. The third-order valence-electron chi connectivity index (χ3n) is 5.87. The predicted molar refractivity (Wildman–Crippen MR) is 113 cm³/mol. The molecule has 2 aromatic rings. The van der Waals surface area contributed by atoms with Gasteiger partial charge in [-0.05, 0) is 63.0 Å². The first-order valence-corrected chi connectivity index (χ1v) is 10.6. The molecule has 5 heteroatoms. The van der Waals surface area contributed by atoms with Crippen molar-refractivity contribution in [1.29, 1.82) is 0 Å². The van der Waals surface area contributed by atoms with E-state index >= 15 is 0 Å². The number of rotatable bonds is 5. The predicted octanol–water partition coefficient (Wildman–Crippen LogP) is 3.86.